The number of nitrogens with zero attached hydrogens (tertiary/aromatic N) is 2. The number of nitrogens with one attached hydrogen (secondary N) is 1. The van der Waals surface area contributed by atoms with Gasteiger partial charge in [-0.25, -0.2) is 9.97 Å². The number of hydrogen-bond donors (Lipinski definition) is 1. The summed E-state index contributed by atoms with van der Waals surface area (Å²) in [5.41, 5.74) is 0.484. The smallest absolute Gasteiger partial charge is 0.260 e. The Morgan fingerprint density at radius 2 is 2.12 bits per heavy atom. The summed E-state index contributed by atoms with van der Waals surface area (Å²) in [5, 5.41) is 2.89. The fraction of sp³-hybridized carbons (Fsp3) is 0.182. The summed E-state index contributed by atoms with van der Waals surface area (Å²) in [5.74, 6) is 1.33. The van der Waals surface area contributed by atoms with Crippen LogP contribution in [0.15, 0.2) is 22.9 Å². The van der Waals surface area contributed by atoms with Gasteiger partial charge >= 0.3 is 0 Å². The zero-order valence-corrected chi connectivity index (χ0v) is 10.1. The van der Waals surface area contributed by atoms with Crippen LogP contribution in [0, 0.1) is 13.8 Å². The summed E-state index contributed by atoms with van der Waals surface area (Å²) in [6.45, 7) is 3.51. The normalized spacial score (nSPS) is 10.3. The van der Waals surface area contributed by atoms with E-state index in [1.807, 2.05) is 0 Å². The number of amides is 1. The Balaban J connectivity index is 2.20. The van der Waals surface area contributed by atoms with Crippen molar-refractivity contribution in [3.05, 3.63) is 40.7 Å². The Bertz CT molecular complexity index is 566. The van der Waals surface area contributed by atoms with Gasteiger partial charge in [-0.3, -0.25) is 4.79 Å². The predicted molar refractivity (Wildman–Crippen MR) is 63.2 cm³/mol. The molecule has 2 aromatic heterocycles. The highest BCUT2D eigenvalue weighted by Crippen LogP contribution is 2.16. The molecule has 0 radical (unpaired) electrons. The molecule has 6 heteroatoms. The molecule has 1 N–H and O–H groups in total. The van der Waals surface area contributed by atoms with Crippen molar-refractivity contribution in [3.63, 3.8) is 0 Å². The molecule has 2 rings (SSSR count). The lowest BCUT2D eigenvalue weighted by molar-refractivity contribution is 0.102. The van der Waals surface area contributed by atoms with Gasteiger partial charge in [0.05, 0.1) is 5.56 Å². The Morgan fingerprint density at radius 1 is 1.35 bits per heavy atom. The van der Waals surface area contributed by atoms with Crippen molar-refractivity contribution in [2.45, 2.75) is 13.8 Å². The van der Waals surface area contributed by atoms with Crippen LogP contribution in [0.2, 0.25) is 5.15 Å². The second-order valence-electron chi connectivity index (χ2n) is 3.51. The summed E-state index contributed by atoms with van der Waals surface area (Å²) in [6, 6.07) is 3.15. The van der Waals surface area contributed by atoms with Crippen molar-refractivity contribution in [2.75, 3.05) is 5.32 Å². The number of aryl methyl sites for hydroxylation is 2. The lowest BCUT2D eigenvalue weighted by atomic mass is 10.2. The van der Waals surface area contributed by atoms with Gasteiger partial charge in [0.25, 0.3) is 5.91 Å². The van der Waals surface area contributed by atoms with Crippen LogP contribution in [0.25, 0.3) is 0 Å². The number of halogens is 1. The van der Waals surface area contributed by atoms with Gasteiger partial charge in [-0.05, 0) is 19.9 Å². The Hall–Kier alpha value is -1.88. The molecule has 0 bridgehead atoms. The minimum absolute atomic E-state index is 0.274. The number of aromatic nitrogens is 2. The number of anilines is 1. The average molecular weight is 252 g/mol. The summed E-state index contributed by atoms with van der Waals surface area (Å²) in [6.07, 6.45) is 1.28. The van der Waals surface area contributed by atoms with Gasteiger partial charge < -0.3 is 9.73 Å². The first-order valence-electron chi connectivity index (χ1n) is 4.92. The zero-order valence-electron chi connectivity index (χ0n) is 9.32. The van der Waals surface area contributed by atoms with E-state index >= 15 is 0 Å². The fourth-order valence-corrected chi connectivity index (χ4v) is 1.59. The largest absolute Gasteiger partial charge is 0.466 e. The molecule has 0 aromatic carbocycles. The van der Waals surface area contributed by atoms with Gasteiger partial charge in [-0.15, -0.1) is 0 Å². The summed E-state index contributed by atoms with van der Waals surface area (Å²) < 4.78 is 5.28. The first-order valence-corrected chi connectivity index (χ1v) is 5.30. The first-order chi connectivity index (χ1) is 8.06. The second-order valence-corrected chi connectivity index (χ2v) is 3.89. The van der Waals surface area contributed by atoms with Gasteiger partial charge in [-0.2, -0.15) is 0 Å². The van der Waals surface area contributed by atoms with E-state index < -0.39 is 0 Å². The molecule has 2 heterocycles. The van der Waals surface area contributed by atoms with Crippen LogP contribution >= 0.6 is 11.6 Å². The molecule has 1 amide bonds. The fourth-order valence-electron chi connectivity index (χ4n) is 1.44. The number of furan rings is 1. The van der Waals surface area contributed by atoms with Gasteiger partial charge in [0, 0.05) is 6.07 Å². The number of rotatable bonds is 2. The van der Waals surface area contributed by atoms with Crippen molar-refractivity contribution < 1.29 is 9.21 Å². The number of hydrogen-bond acceptors (Lipinski definition) is 4. The van der Waals surface area contributed by atoms with E-state index in [2.05, 4.69) is 15.3 Å². The van der Waals surface area contributed by atoms with Crippen molar-refractivity contribution in [1.82, 2.24) is 9.97 Å². The quantitative estimate of drug-likeness (QED) is 0.833. The summed E-state index contributed by atoms with van der Waals surface area (Å²) in [7, 11) is 0. The standard InChI is InChI=1S/C11H10ClN3O2/c1-6-3-8(7(2)17-6)11(16)15-10-4-9(12)13-5-14-10/h3-5H,1-2H3,(H,13,14,15,16). The van der Waals surface area contributed by atoms with E-state index in [0.717, 1.165) is 0 Å². The molecule has 0 aliphatic rings. The minimum atomic E-state index is -0.283. The highest BCUT2D eigenvalue weighted by atomic mass is 35.5. The zero-order chi connectivity index (χ0) is 12.4. The molecule has 0 atom stereocenters. The summed E-state index contributed by atoms with van der Waals surface area (Å²) >= 11 is 5.69. The summed E-state index contributed by atoms with van der Waals surface area (Å²) in [4.78, 5) is 19.5. The van der Waals surface area contributed by atoms with Crippen LogP contribution in [0.4, 0.5) is 5.82 Å². The molecule has 0 saturated carbocycles. The molecule has 0 spiro atoms. The maximum atomic E-state index is 11.9. The third kappa shape index (κ3) is 2.62. The van der Waals surface area contributed by atoms with Crippen LogP contribution in [0.1, 0.15) is 21.9 Å². The van der Waals surface area contributed by atoms with Crippen molar-refractivity contribution in [2.24, 2.45) is 0 Å². The van der Waals surface area contributed by atoms with Crippen molar-refractivity contribution in [1.29, 1.82) is 0 Å². The van der Waals surface area contributed by atoms with Gasteiger partial charge in [0.2, 0.25) is 0 Å². The van der Waals surface area contributed by atoms with Gasteiger partial charge in [0.15, 0.2) is 0 Å². The Kier molecular flexibility index (Phi) is 3.10. The molecule has 88 valence electrons. The second kappa shape index (κ2) is 4.55. The molecular weight excluding hydrogens is 242 g/mol. The molecule has 0 fully saturated rings. The Morgan fingerprint density at radius 3 is 2.71 bits per heavy atom. The average Bonchev–Trinajstić information content (AvgIpc) is 2.58. The van der Waals surface area contributed by atoms with E-state index in [4.69, 9.17) is 16.0 Å². The molecule has 0 saturated heterocycles. The SMILES string of the molecule is Cc1cc(C(=O)Nc2cc(Cl)ncn2)c(C)o1. The van der Waals surface area contributed by atoms with Crippen LogP contribution in [0.3, 0.4) is 0 Å². The maximum Gasteiger partial charge on any atom is 0.260 e. The predicted octanol–water partition coefficient (Wildman–Crippen LogP) is 2.59. The third-order valence-electron chi connectivity index (χ3n) is 2.16. The highest BCUT2D eigenvalue weighted by molar-refractivity contribution is 6.29. The van der Waals surface area contributed by atoms with Gasteiger partial charge in [0.1, 0.15) is 28.8 Å². The van der Waals surface area contributed by atoms with E-state index in [9.17, 15) is 4.79 Å². The third-order valence-corrected chi connectivity index (χ3v) is 2.37. The van der Waals surface area contributed by atoms with Crippen LogP contribution < -0.4 is 5.32 Å². The lowest BCUT2D eigenvalue weighted by Crippen LogP contribution is -2.13. The molecule has 0 unspecified atom stereocenters. The number of carbonyl (C=O) groups excluding carboxylic acids is 1. The van der Waals surface area contributed by atoms with Gasteiger partial charge in [-0.1, -0.05) is 11.6 Å². The highest BCUT2D eigenvalue weighted by Gasteiger charge is 2.14. The maximum absolute atomic E-state index is 11.9. The molecule has 5 nitrogen and oxygen atoms in total. The van der Waals surface area contributed by atoms with E-state index in [1.165, 1.54) is 12.4 Å². The molecule has 0 aliphatic heterocycles. The lowest BCUT2D eigenvalue weighted by Gasteiger charge is -2.02. The number of carbonyl (C=O) groups is 1. The molecule has 0 aliphatic carbocycles. The van der Waals surface area contributed by atoms with E-state index in [1.54, 1.807) is 19.9 Å². The van der Waals surface area contributed by atoms with Crippen molar-refractivity contribution >= 4 is 23.3 Å². The molecular formula is C11H10ClN3O2. The van der Waals surface area contributed by atoms with E-state index in [-0.39, 0.29) is 11.1 Å². The first kappa shape index (κ1) is 11.6. The monoisotopic (exact) mass is 251 g/mol. The van der Waals surface area contributed by atoms with E-state index in [0.29, 0.717) is 22.9 Å². The van der Waals surface area contributed by atoms with Crippen molar-refractivity contribution in [3.8, 4) is 0 Å². The minimum Gasteiger partial charge on any atom is -0.466 e. The van der Waals surface area contributed by atoms with Crippen LogP contribution in [0.5, 0.6) is 0 Å². The molecule has 17 heavy (non-hydrogen) atoms. The van der Waals surface area contributed by atoms with Crippen LogP contribution in [-0.2, 0) is 0 Å². The Labute approximate surface area is 103 Å². The topological polar surface area (TPSA) is 68.0 Å². The molecule has 2 aromatic rings. The van der Waals surface area contributed by atoms with Crippen LogP contribution in [-0.4, -0.2) is 15.9 Å².